The van der Waals surface area contributed by atoms with Crippen LogP contribution in [0.3, 0.4) is 0 Å². The maximum absolute atomic E-state index is 11.3. The molecule has 0 saturated carbocycles. The summed E-state index contributed by atoms with van der Waals surface area (Å²) < 4.78 is 4.85. The van der Waals surface area contributed by atoms with E-state index in [1.807, 2.05) is 0 Å². The topological polar surface area (TPSA) is 46.5 Å². The zero-order chi connectivity index (χ0) is 19.6. The number of unbranched alkanes of at least 4 members (excludes halogenated alkanes) is 6. The third-order valence-electron chi connectivity index (χ3n) is 5.53. The molecule has 0 aromatic rings. The van der Waals surface area contributed by atoms with E-state index in [4.69, 9.17) is 4.74 Å². The average molecular weight is 371 g/mol. The number of esters is 1. The Morgan fingerprint density at radius 2 is 1.23 bits per heavy atom. The Hall–Kier alpha value is -0.570. The minimum absolute atomic E-state index is 0.141. The second-order valence-corrected chi connectivity index (χ2v) is 8.26. The third-order valence-corrected chi connectivity index (χ3v) is 5.53. The lowest BCUT2D eigenvalue weighted by Crippen LogP contribution is -2.15. The van der Waals surface area contributed by atoms with Crippen molar-refractivity contribution in [1.82, 2.24) is 0 Å². The van der Waals surface area contributed by atoms with Gasteiger partial charge in [0.05, 0.1) is 19.1 Å². The molecule has 0 aliphatic rings. The molecule has 0 saturated heterocycles. The van der Waals surface area contributed by atoms with Gasteiger partial charge in [-0.05, 0) is 25.2 Å². The molecule has 1 N–H and O–H groups in total. The molecule has 0 aliphatic heterocycles. The first-order valence-electron chi connectivity index (χ1n) is 11.3. The molecule has 0 aromatic carbocycles. The minimum atomic E-state index is -0.534. The van der Waals surface area contributed by atoms with Crippen molar-refractivity contribution in [3.05, 3.63) is 0 Å². The molecule has 3 nitrogen and oxygen atoms in total. The van der Waals surface area contributed by atoms with Gasteiger partial charge in [0.25, 0.3) is 0 Å². The molecule has 3 atom stereocenters. The Balaban J connectivity index is 3.38. The van der Waals surface area contributed by atoms with E-state index in [2.05, 4.69) is 20.8 Å². The molecule has 3 heteroatoms. The molecule has 3 unspecified atom stereocenters. The van der Waals surface area contributed by atoms with Gasteiger partial charge in [-0.3, -0.25) is 4.79 Å². The zero-order valence-corrected chi connectivity index (χ0v) is 18.1. The molecule has 0 heterocycles. The third kappa shape index (κ3) is 16.9. The van der Waals surface area contributed by atoms with Crippen molar-refractivity contribution < 1.29 is 14.6 Å². The Labute approximate surface area is 163 Å². The lowest BCUT2D eigenvalue weighted by atomic mass is 9.95. The van der Waals surface area contributed by atoms with Crippen LogP contribution in [0.1, 0.15) is 118 Å². The lowest BCUT2D eigenvalue weighted by Gasteiger charge is -2.12. The van der Waals surface area contributed by atoms with Gasteiger partial charge in [-0.15, -0.1) is 0 Å². The summed E-state index contributed by atoms with van der Waals surface area (Å²) in [7, 11) is 0. The summed E-state index contributed by atoms with van der Waals surface area (Å²) in [5.41, 5.74) is 0. The number of hydrogen-bond donors (Lipinski definition) is 1. The van der Waals surface area contributed by atoms with Gasteiger partial charge < -0.3 is 9.84 Å². The number of aliphatic hydroxyl groups excluding tert-OH is 1. The molecule has 0 radical (unpaired) electrons. The largest absolute Gasteiger partial charge is 0.466 e. The number of rotatable bonds is 18. The van der Waals surface area contributed by atoms with E-state index in [0.717, 1.165) is 24.7 Å². The molecular formula is C23H46O3. The van der Waals surface area contributed by atoms with Gasteiger partial charge in [0, 0.05) is 0 Å². The van der Waals surface area contributed by atoms with Crippen molar-refractivity contribution in [2.75, 3.05) is 6.61 Å². The van der Waals surface area contributed by atoms with Crippen LogP contribution in [0.25, 0.3) is 0 Å². The summed E-state index contributed by atoms with van der Waals surface area (Å²) in [5, 5.41) is 9.79. The van der Waals surface area contributed by atoms with E-state index >= 15 is 0 Å². The number of carbonyl (C=O) groups excluding carboxylic acids is 1. The standard InChI is InChI=1S/C23H46O3/c1-5-20(3)15-11-7-8-12-16-21(4)17-13-9-10-14-18-22(24)19-23(25)26-6-2/h20-22,24H,5-19H2,1-4H3. The van der Waals surface area contributed by atoms with Crippen molar-refractivity contribution >= 4 is 5.97 Å². The van der Waals surface area contributed by atoms with Crippen molar-refractivity contribution in [2.24, 2.45) is 11.8 Å². The molecule has 0 bridgehead atoms. The Morgan fingerprint density at radius 3 is 1.69 bits per heavy atom. The van der Waals surface area contributed by atoms with Crippen LogP contribution >= 0.6 is 0 Å². The van der Waals surface area contributed by atoms with Crippen LogP contribution in [0.2, 0.25) is 0 Å². The monoisotopic (exact) mass is 370 g/mol. The van der Waals surface area contributed by atoms with E-state index in [-0.39, 0.29) is 12.4 Å². The molecule has 0 aromatic heterocycles. The molecule has 0 rings (SSSR count). The van der Waals surface area contributed by atoms with Gasteiger partial charge in [-0.25, -0.2) is 0 Å². The van der Waals surface area contributed by atoms with Crippen LogP contribution in [-0.2, 0) is 9.53 Å². The quantitative estimate of drug-likeness (QED) is 0.217. The summed E-state index contributed by atoms with van der Waals surface area (Å²) in [6, 6.07) is 0. The van der Waals surface area contributed by atoms with Gasteiger partial charge in [0.15, 0.2) is 0 Å². The van der Waals surface area contributed by atoms with Crippen LogP contribution < -0.4 is 0 Å². The average Bonchev–Trinajstić information content (AvgIpc) is 2.60. The first-order valence-corrected chi connectivity index (χ1v) is 11.3. The molecule has 0 aliphatic carbocycles. The molecule has 26 heavy (non-hydrogen) atoms. The highest BCUT2D eigenvalue weighted by molar-refractivity contribution is 5.69. The van der Waals surface area contributed by atoms with Crippen LogP contribution in [-0.4, -0.2) is 23.8 Å². The van der Waals surface area contributed by atoms with E-state index in [9.17, 15) is 9.90 Å². The summed E-state index contributed by atoms with van der Waals surface area (Å²) >= 11 is 0. The van der Waals surface area contributed by atoms with Gasteiger partial charge in [0.2, 0.25) is 0 Å². The number of aliphatic hydroxyl groups is 1. The molecule has 0 amide bonds. The number of ether oxygens (including phenoxy) is 1. The number of hydrogen-bond acceptors (Lipinski definition) is 3. The maximum atomic E-state index is 11.3. The van der Waals surface area contributed by atoms with Crippen molar-refractivity contribution in [3.63, 3.8) is 0 Å². The summed E-state index contributed by atoms with van der Waals surface area (Å²) in [5.74, 6) is 1.47. The van der Waals surface area contributed by atoms with E-state index in [1.165, 1.54) is 64.2 Å². The SMILES string of the molecule is CCOC(=O)CC(O)CCCCCCC(C)CCCCCCC(C)CC. The Morgan fingerprint density at radius 1 is 0.769 bits per heavy atom. The first kappa shape index (κ1) is 25.4. The second kappa shape index (κ2) is 17.8. The summed E-state index contributed by atoms with van der Waals surface area (Å²) in [6.45, 7) is 9.23. The fraction of sp³-hybridized carbons (Fsp3) is 0.957. The van der Waals surface area contributed by atoms with Crippen molar-refractivity contribution in [2.45, 2.75) is 124 Å². The summed E-state index contributed by atoms with van der Waals surface area (Å²) in [6.07, 6.45) is 16.1. The van der Waals surface area contributed by atoms with Crippen molar-refractivity contribution in [3.8, 4) is 0 Å². The lowest BCUT2D eigenvalue weighted by molar-refractivity contribution is -0.145. The molecule has 0 fully saturated rings. The van der Waals surface area contributed by atoms with Crippen LogP contribution in [0.4, 0.5) is 0 Å². The van der Waals surface area contributed by atoms with Crippen LogP contribution in [0.5, 0.6) is 0 Å². The minimum Gasteiger partial charge on any atom is -0.466 e. The normalized spacial score (nSPS) is 14.8. The molecular weight excluding hydrogens is 324 g/mol. The number of carbonyl (C=O) groups is 1. The smallest absolute Gasteiger partial charge is 0.308 e. The van der Waals surface area contributed by atoms with Crippen molar-refractivity contribution in [1.29, 1.82) is 0 Å². The van der Waals surface area contributed by atoms with Gasteiger partial charge in [-0.2, -0.15) is 0 Å². The second-order valence-electron chi connectivity index (χ2n) is 8.26. The Kier molecular flexibility index (Phi) is 17.4. The van der Waals surface area contributed by atoms with E-state index < -0.39 is 6.10 Å². The van der Waals surface area contributed by atoms with Gasteiger partial charge in [0.1, 0.15) is 0 Å². The van der Waals surface area contributed by atoms with E-state index in [1.54, 1.807) is 6.92 Å². The van der Waals surface area contributed by atoms with Crippen LogP contribution in [0, 0.1) is 11.8 Å². The highest BCUT2D eigenvalue weighted by Crippen LogP contribution is 2.19. The molecule has 156 valence electrons. The van der Waals surface area contributed by atoms with Gasteiger partial charge in [-0.1, -0.05) is 97.8 Å². The highest BCUT2D eigenvalue weighted by Gasteiger charge is 2.11. The highest BCUT2D eigenvalue weighted by atomic mass is 16.5. The fourth-order valence-corrected chi connectivity index (χ4v) is 3.43. The fourth-order valence-electron chi connectivity index (χ4n) is 3.43. The Bertz CT molecular complexity index is 317. The predicted octanol–water partition coefficient (Wildman–Crippen LogP) is 6.66. The zero-order valence-electron chi connectivity index (χ0n) is 18.1. The predicted molar refractivity (Wildman–Crippen MR) is 111 cm³/mol. The summed E-state index contributed by atoms with van der Waals surface area (Å²) in [4.78, 5) is 11.3. The maximum Gasteiger partial charge on any atom is 0.308 e. The first-order chi connectivity index (χ1) is 12.5. The molecule has 0 spiro atoms. The van der Waals surface area contributed by atoms with Crippen LogP contribution in [0.15, 0.2) is 0 Å². The van der Waals surface area contributed by atoms with Gasteiger partial charge >= 0.3 is 5.97 Å². The van der Waals surface area contributed by atoms with E-state index in [0.29, 0.717) is 13.0 Å².